The topological polar surface area (TPSA) is 54.1 Å². The van der Waals surface area contributed by atoms with Crippen LogP contribution in [0.25, 0.3) is 10.2 Å². The van der Waals surface area contributed by atoms with Gasteiger partial charge in [0.2, 0.25) is 0 Å². The lowest BCUT2D eigenvalue weighted by Crippen LogP contribution is -2.23. The molecule has 1 aromatic carbocycles. The molecule has 3 rings (SSSR count). The highest BCUT2D eigenvalue weighted by Gasteiger charge is 2.12. The molecule has 0 saturated heterocycles. The fraction of sp³-hybridized carbons (Fsp3) is 0.133. The number of amides is 1. The minimum Gasteiger partial charge on any atom is -0.497 e. The number of thiophene rings is 1. The molecule has 108 valence electrons. The summed E-state index contributed by atoms with van der Waals surface area (Å²) in [6.07, 6.45) is 0. The van der Waals surface area contributed by atoms with Crippen LogP contribution in [0.5, 0.6) is 5.75 Å². The predicted molar refractivity (Wildman–Crippen MR) is 88.0 cm³/mol. The number of carbonyl (C=O) groups is 1. The van der Waals surface area contributed by atoms with Crippen molar-refractivity contribution in [1.29, 1.82) is 0 Å². The quantitative estimate of drug-likeness (QED) is 0.736. The predicted octanol–water partition coefficient (Wildman–Crippen LogP) is 3.93. The van der Waals surface area contributed by atoms with Crippen LogP contribution in [0.15, 0.2) is 40.2 Å². The first-order valence-corrected chi connectivity index (χ1v) is 8.01. The Balaban J connectivity index is 1.67. The van der Waals surface area contributed by atoms with Gasteiger partial charge in [0.25, 0.3) is 5.91 Å². The molecule has 0 bridgehead atoms. The molecule has 0 radical (unpaired) electrons. The highest BCUT2D eigenvalue weighted by Crippen LogP contribution is 2.30. The van der Waals surface area contributed by atoms with Crippen molar-refractivity contribution >= 4 is 43.4 Å². The van der Waals surface area contributed by atoms with Gasteiger partial charge < -0.3 is 15.0 Å². The van der Waals surface area contributed by atoms with Gasteiger partial charge in [-0.1, -0.05) is 12.1 Å². The third-order valence-electron chi connectivity index (χ3n) is 3.17. The lowest BCUT2D eigenvalue weighted by molar-refractivity contribution is 0.0947. The van der Waals surface area contributed by atoms with E-state index in [0.717, 1.165) is 26.0 Å². The molecule has 6 heteroatoms. The second kappa shape index (κ2) is 5.91. The molecule has 21 heavy (non-hydrogen) atoms. The number of nitrogens with one attached hydrogen (secondary N) is 2. The van der Waals surface area contributed by atoms with Crippen molar-refractivity contribution in [2.24, 2.45) is 0 Å². The molecule has 2 aromatic heterocycles. The molecule has 0 aliphatic carbocycles. The van der Waals surface area contributed by atoms with E-state index in [2.05, 4.69) is 26.2 Å². The van der Waals surface area contributed by atoms with Crippen LogP contribution in [0.2, 0.25) is 0 Å². The number of ether oxygens (including phenoxy) is 1. The van der Waals surface area contributed by atoms with Crippen molar-refractivity contribution in [2.45, 2.75) is 6.54 Å². The molecule has 4 nitrogen and oxygen atoms in total. The van der Waals surface area contributed by atoms with Crippen molar-refractivity contribution < 1.29 is 9.53 Å². The number of halogens is 1. The van der Waals surface area contributed by atoms with E-state index in [9.17, 15) is 4.79 Å². The highest BCUT2D eigenvalue weighted by molar-refractivity contribution is 9.10. The highest BCUT2D eigenvalue weighted by atomic mass is 79.9. The first-order valence-electron chi connectivity index (χ1n) is 6.34. The maximum Gasteiger partial charge on any atom is 0.268 e. The standard InChI is InChI=1S/C15H13BrN2O2S/c1-20-10-4-2-9(3-5-10)7-17-15(19)12-6-13-14(18-12)11(16)8-21-13/h2-6,8,18H,7H2,1H3,(H,17,19). The number of benzene rings is 1. The van der Waals surface area contributed by atoms with Crippen LogP contribution in [0.4, 0.5) is 0 Å². The van der Waals surface area contributed by atoms with E-state index in [1.54, 1.807) is 18.4 Å². The van der Waals surface area contributed by atoms with E-state index in [0.29, 0.717) is 12.2 Å². The molecule has 0 aliphatic rings. The Morgan fingerprint density at radius 1 is 1.38 bits per heavy atom. The van der Waals surface area contributed by atoms with E-state index < -0.39 is 0 Å². The zero-order valence-electron chi connectivity index (χ0n) is 11.3. The number of hydrogen-bond acceptors (Lipinski definition) is 3. The Bertz CT molecular complexity index is 777. The van der Waals surface area contributed by atoms with Crippen molar-refractivity contribution in [2.75, 3.05) is 7.11 Å². The van der Waals surface area contributed by atoms with Gasteiger partial charge in [0.15, 0.2) is 0 Å². The molecular weight excluding hydrogens is 352 g/mol. The minimum atomic E-state index is -0.110. The Morgan fingerprint density at radius 2 is 2.14 bits per heavy atom. The monoisotopic (exact) mass is 364 g/mol. The zero-order valence-corrected chi connectivity index (χ0v) is 13.7. The summed E-state index contributed by atoms with van der Waals surface area (Å²) >= 11 is 5.05. The second-order valence-electron chi connectivity index (χ2n) is 4.54. The van der Waals surface area contributed by atoms with Crippen LogP contribution in [-0.4, -0.2) is 18.0 Å². The van der Waals surface area contributed by atoms with E-state index in [1.165, 1.54) is 0 Å². The fourth-order valence-electron chi connectivity index (χ4n) is 2.02. The lowest BCUT2D eigenvalue weighted by Gasteiger charge is -2.05. The zero-order chi connectivity index (χ0) is 14.8. The number of fused-ring (bicyclic) bond motifs is 1. The molecule has 0 spiro atoms. The van der Waals surface area contributed by atoms with E-state index in [-0.39, 0.29) is 5.91 Å². The largest absolute Gasteiger partial charge is 0.497 e. The number of H-pyrrole nitrogens is 1. The van der Waals surface area contributed by atoms with Gasteiger partial charge in [-0.2, -0.15) is 0 Å². The maximum atomic E-state index is 12.1. The first kappa shape index (κ1) is 14.2. The SMILES string of the molecule is COc1ccc(CNC(=O)c2cc3scc(Br)c3[nH]2)cc1. The summed E-state index contributed by atoms with van der Waals surface area (Å²) in [6.45, 7) is 0.483. The lowest BCUT2D eigenvalue weighted by atomic mass is 10.2. The Kier molecular flexibility index (Phi) is 3.98. The van der Waals surface area contributed by atoms with Crippen molar-refractivity contribution in [3.05, 3.63) is 51.4 Å². The Labute approximate surface area is 134 Å². The summed E-state index contributed by atoms with van der Waals surface area (Å²) in [5.74, 6) is 0.695. The summed E-state index contributed by atoms with van der Waals surface area (Å²) in [5, 5.41) is 4.90. The normalized spacial score (nSPS) is 10.8. The smallest absolute Gasteiger partial charge is 0.268 e. The van der Waals surface area contributed by atoms with E-state index in [4.69, 9.17) is 4.74 Å². The van der Waals surface area contributed by atoms with E-state index in [1.807, 2.05) is 35.7 Å². The van der Waals surface area contributed by atoms with Crippen molar-refractivity contribution in [3.63, 3.8) is 0 Å². The van der Waals surface area contributed by atoms with Gasteiger partial charge in [-0.25, -0.2) is 0 Å². The number of methoxy groups -OCH3 is 1. The van der Waals surface area contributed by atoms with Crippen LogP contribution in [0, 0.1) is 0 Å². The number of hydrogen-bond donors (Lipinski definition) is 2. The molecule has 3 aromatic rings. The summed E-state index contributed by atoms with van der Waals surface area (Å²) in [4.78, 5) is 15.3. The van der Waals surface area contributed by atoms with Gasteiger partial charge in [0.05, 0.1) is 21.8 Å². The third kappa shape index (κ3) is 2.96. The van der Waals surface area contributed by atoms with Gasteiger partial charge in [-0.3, -0.25) is 4.79 Å². The molecular formula is C15H13BrN2O2S. The Hall–Kier alpha value is -1.79. The molecule has 0 unspecified atom stereocenters. The van der Waals surface area contributed by atoms with Gasteiger partial charge >= 0.3 is 0 Å². The average Bonchev–Trinajstić information content (AvgIpc) is 3.08. The number of carbonyl (C=O) groups excluding carboxylic acids is 1. The summed E-state index contributed by atoms with van der Waals surface area (Å²) in [6, 6.07) is 9.49. The van der Waals surface area contributed by atoms with Crippen LogP contribution in [0.3, 0.4) is 0 Å². The molecule has 0 saturated carbocycles. The molecule has 2 N–H and O–H groups in total. The van der Waals surface area contributed by atoms with Crippen LogP contribution in [-0.2, 0) is 6.54 Å². The summed E-state index contributed by atoms with van der Waals surface area (Å²) < 4.78 is 7.15. The number of aromatic amines is 1. The second-order valence-corrected chi connectivity index (χ2v) is 6.30. The molecule has 0 fully saturated rings. The van der Waals surface area contributed by atoms with Gasteiger partial charge in [0.1, 0.15) is 11.4 Å². The summed E-state index contributed by atoms with van der Waals surface area (Å²) in [5.41, 5.74) is 2.57. The Morgan fingerprint density at radius 3 is 2.81 bits per heavy atom. The van der Waals surface area contributed by atoms with Crippen LogP contribution >= 0.6 is 27.3 Å². The van der Waals surface area contributed by atoms with Gasteiger partial charge in [-0.05, 0) is 39.7 Å². The molecule has 1 amide bonds. The maximum absolute atomic E-state index is 12.1. The van der Waals surface area contributed by atoms with Crippen molar-refractivity contribution in [3.8, 4) is 5.75 Å². The molecule has 0 aliphatic heterocycles. The van der Waals surface area contributed by atoms with Crippen LogP contribution in [0.1, 0.15) is 16.1 Å². The number of aromatic nitrogens is 1. The van der Waals surface area contributed by atoms with E-state index >= 15 is 0 Å². The minimum absolute atomic E-state index is 0.110. The number of rotatable bonds is 4. The summed E-state index contributed by atoms with van der Waals surface area (Å²) in [7, 11) is 1.63. The molecule has 0 atom stereocenters. The van der Waals surface area contributed by atoms with Crippen molar-refractivity contribution in [1.82, 2.24) is 10.3 Å². The first-order chi connectivity index (χ1) is 10.2. The van der Waals surface area contributed by atoms with Gasteiger partial charge in [0, 0.05) is 11.9 Å². The van der Waals surface area contributed by atoms with Gasteiger partial charge in [-0.15, -0.1) is 11.3 Å². The third-order valence-corrected chi connectivity index (χ3v) is 5.02. The average molecular weight is 365 g/mol. The fourth-order valence-corrected chi connectivity index (χ4v) is 3.56. The van der Waals surface area contributed by atoms with Crippen LogP contribution < -0.4 is 10.1 Å². The molecule has 2 heterocycles.